The molecule has 1 aliphatic rings. The van der Waals surface area contributed by atoms with E-state index in [1.165, 1.54) is 4.90 Å². The summed E-state index contributed by atoms with van der Waals surface area (Å²) in [6.45, 7) is 4.14. The van der Waals surface area contributed by atoms with E-state index in [0.29, 0.717) is 6.54 Å². The first kappa shape index (κ1) is 18.4. The predicted molar refractivity (Wildman–Crippen MR) is 111 cm³/mol. The Labute approximate surface area is 164 Å². The van der Waals surface area contributed by atoms with Gasteiger partial charge in [-0.2, -0.15) is 0 Å². The summed E-state index contributed by atoms with van der Waals surface area (Å²) in [4.78, 5) is 30.0. The molecule has 0 spiro atoms. The summed E-state index contributed by atoms with van der Waals surface area (Å²) < 4.78 is 0. The van der Waals surface area contributed by atoms with Crippen LogP contribution in [0.3, 0.4) is 0 Å². The third-order valence-electron chi connectivity index (χ3n) is 5.69. The summed E-state index contributed by atoms with van der Waals surface area (Å²) in [5.41, 5.74) is 3.59. The average Bonchev–Trinajstić information content (AvgIpc) is 3.05. The van der Waals surface area contributed by atoms with E-state index in [1.807, 2.05) is 61.5 Å². The fourth-order valence-corrected chi connectivity index (χ4v) is 4.18. The zero-order valence-corrected chi connectivity index (χ0v) is 16.1. The number of aromatic nitrogens is 1. The molecule has 1 saturated heterocycles. The molecule has 0 aliphatic carbocycles. The zero-order chi connectivity index (χ0) is 19.5. The number of H-pyrrole nitrogens is 1. The van der Waals surface area contributed by atoms with Crippen LogP contribution in [0.4, 0.5) is 5.69 Å². The smallest absolute Gasteiger partial charge is 0.227 e. The highest BCUT2D eigenvalue weighted by Crippen LogP contribution is 2.22. The number of hydrogen-bond donors (Lipinski definition) is 3. The minimum atomic E-state index is 0.0221. The van der Waals surface area contributed by atoms with Crippen LogP contribution in [-0.4, -0.2) is 36.3 Å². The van der Waals surface area contributed by atoms with E-state index in [1.54, 1.807) is 0 Å². The number of quaternary nitrogens is 1. The van der Waals surface area contributed by atoms with Crippen molar-refractivity contribution in [1.82, 2.24) is 4.98 Å². The van der Waals surface area contributed by atoms with Crippen LogP contribution in [0.5, 0.6) is 0 Å². The predicted octanol–water partition coefficient (Wildman–Crippen LogP) is 2.59. The lowest BCUT2D eigenvalue weighted by molar-refractivity contribution is -0.897. The van der Waals surface area contributed by atoms with Crippen molar-refractivity contribution >= 4 is 28.3 Å². The van der Waals surface area contributed by atoms with Crippen molar-refractivity contribution in [3.8, 4) is 0 Å². The Kier molecular flexibility index (Phi) is 5.26. The lowest BCUT2D eigenvalue weighted by Crippen LogP contribution is -3.14. The van der Waals surface area contributed by atoms with E-state index < -0.39 is 0 Å². The largest absolute Gasteiger partial charge is 0.358 e. The van der Waals surface area contributed by atoms with Crippen molar-refractivity contribution in [2.24, 2.45) is 5.92 Å². The molecule has 1 fully saturated rings. The minimum Gasteiger partial charge on any atom is -0.358 e. The number of carbonyl (C=O) groups is 2. The van der Waals surface area contributed by atoms with Crippen LogP contribution in [0.1, 0.15) is 28.9 Å². The molecule has 5 heteroatoms. The molecular formula is C23H26N3O2+. The van der Waals surface area contributed by atoms with Gasteiger partial charge in [0.2, 0.25) is 11.7 Å². The summed E-state index contributed by atoms with van der Waals surface area (Å²) in [6.07, 6.45) is 1.63. The molecule has 5 nitrogen and oxygen atoms in total. The third kappa shape index (κ3) is 3.85. The maximum absolute atomic E-state index is 12.9. The SMILES string of the molecule is Cc1[nH]c2ccccc2c1C(=O)C[NH+]1CCC(C(=O)Nc2ccccc2)CC1. The number of fused-ring (bicyclic) bond motifs is 1. The Morgan fingerprint density at radius 3 is 2.46 bits per heavy atom. The highest BCUT2D eigenvalue weighted by atomic mass is 16.2. The number of carbonyl (C=O) groups excluding carboxylic acids is 2. The monoisotopic (exact) mass is 376 g/mol. The first-order chi connectivity index (χ1) is 13.6. The van der Waals surface area contributed by atoms with Crippen molar-refractivity contribution in [2.75, 3.05) is 25.0 Å². The average molecular weight is 376 g/mol. The molecule has 1 aromatic heterocycles. The van der Waals surface area contributed by atoms with E-state index in [2.05, 4.69) is 10.3 Å². The highest BCUT2D eigenvalue weighted by molar-refractivity contribution is 6.09. The number of aromatic amines is 1. The summed E-state index contributed by atoms with van der Waals surface area (Å²) in [5.74, 6) is 0.287. The molecular weight excluding hydrogens is 350 g/mol. The Hall–Kier alpha value is -2.92. The molecule has 2 aromatic carbocycles. The molecule has 0 atom stereocenters. The normalized spacial score (nSPS) is 19.5. The quantitative estimate of drug-likeness (QED) is 0.599. The first-order valence-corrected chi connectivity index (χ1v) is 9.92. The Morgan fingerprint density at radius 2 is 1.71 bits per heavy atom. The molecule has 2 heterocycles. The van der Waals surface area contributed by atoms with Crippen LogP contribution in [0.2, 0.25) is 0 Å². The van der Waals surface area contributed by atoms with Gasteiger partial charge in [-0.3, -0.25) is 9.59 Å². The van der Waals surface area contributed by atoms with Gasteiger partial charge >= 0.3 is 0 Å². The van der Waals surface area contributed by atoms with Crippen molar-refractivity contribution in [3.63, 3.8) is 0 Å². The summed E-state index contributed by atoms with van der Waals surface area (Å²) >= 11 is 0. The molecule has 1 aliphatic heterocycles. The molecule has 0 radical (unpaired) electrons. The van der Waals surface area contributed by atoms with E-state index in [9.17, 15) is 9.59 Å². The summed E-state index contributed by atoms with van der Waals surface area (Å²) in [5, 5.41) is 4.00. The van der Waals surface area contributed by atoms with E-state index >= 15 is 0 Å². The van der Waals surface area contributed by atoms with Crippen LogP contribution in [0.15, 0.2) is 54.6 Å². The molecule has 0 saturated carbocycles. The van der Waals surface area contributed by atoms with Crippen LogP contribution in [-0.2, 0) is 4.79 Å². The number of nitrogens with one attached hydrogen (secondary N) is 3. The number of anilines is 1. The van der Waals surface area contributed by atoms with Crippen molar-refractivity contribution in [2.45, 2.75) is 19.8 Å². The number of benzene rings is 2. The molecule has 1 amide bonds. The topological polar surface area (TPSA) is 66.4 Å². The number of rotatable bonds is 5. The third-order valence-corrected chi connectivity index (χ3v) is 5.69. The van der Waals surface area contributed by atoms with Gasteiger partial charge < -0.3 is 15.2 Å². The van der Waals surface area contributed by atoms with Gasteiger partial charge in [0.1, 0.15) is 6.54 Å². The maximum Gasteiger partial charge on any atom is 0.227 e. The second-order valence-corrected chi connectivity index (χ2v) is 7.65. The Balaban J connectivity index is 1.34. The van der Waals surface area contributed by atoms with Crippen molar-refractivity contribution in [3.05, 3.63) is 65.9 Å². The second kappa shape index (κ2) is 7.98. The Bertz CT molecular complexity index is 986. The molecule has 3 aromatic rings. The highest BCUT2D eigenvalue weighted by Gasteiger charge is 2.29. The van der Waals surface area contributed by atoms with Gasteiger partial charge in [-0.25, -0.2) is 0 Å². The number of piperidine rings is 1. The minimum absolute atomic E-state index is 0.0221. The maximum atomic E-state index is 12.9. The van der Waals surface area contributed by atoms with Gasteiger partial charge in [0.25, 0.3) is 0 Å². The molecule has 0 bridgehead atoms. The number of ketones is 1. The van der Waals surface area contributed by atoms with E-state index in [0.717, 1.165) is 53.8 Å². The number of likely N-dealkylation sites (tertiary alicyclic amines) is 1. The first-order valence-electron chi connectivity index (χ1n) is 9.92. The van der Waals surface area contributed by atoms with E-state index in [-0.39, 0.29) is 17.6 Å². The number of Topliss-reactive ketones (excluding diaryl/α,β-unsaturated/α-hetero) is 1. The van der Waals surface area contributed by atoms with Crippen LogP contribution >= 0.6 is 0 Å². The Morgan fingerprint density at radius 1 is 1.04 bits per heavy atom. The van der Waals surface area contributed by atoms with Gasteiger partial charge in [-0.1, -0.05) is 36.4 Å². The molecule has 0 unspecified atom stereocenters. The van der Waals surface area contributed by atoms with E-state index in [4.69, 9.17) is 0 Å². The van der Waals surface area contributed by atoms with Crippen molar-refractivity contribution in [1.29, 1.82) is 0 Å². The standard InChI is InChI=1S/C23H25N3O2/c1-16-22(19-9-5-6-10-20(19)24-16)21(27)15-26-13-11-17(12-14-26)23(28)25-18-7-3-2-4-8-18/h2-10,17,24H,11-15H2,1H3,(H,25,28)/p+1. The zero-order valence-electron chi connectivity index (χ0n) is 16.1. The molecule has 144 valence electrons. The van der Waals surface area contributed by atoms with Gasteiger partial charge in [-0.05, 0) is 25.1 Å². The van der Waals surface area contributed by atoms with Gasteiger partial charge in [0.05, 0.1) is 18.7 Å². The lowest BCUT2D eigenvalue weighted by atomic mass is 9.95. The van der Waals surface area contributed by atoms with Crippen LogP contribution in [0, 0.1) is 12.8 Å². The molecule has 3 N–H and O–H groups in total. The van der Waals surface area contributed by atoms with Crippen LogP contribution in [0.25, 0.3) is 10.9 Å². The summed E-state index contributed by atoms with van der Waals surface area (Å²) in [7, 11) is 0. The number of para-hydroxylation sites is 2. The fraction of sp³-hybridized carbons (Fsp3) is 0.304. The van der Waals surface area contributed by atoms with Crippen LogP contribution < -0.4 is 10.2 Å². The van der Waals surface area contributed by atoms with Gasteiger partial charge in [0.15, 0.2) is 0 Å². The number of aryl methyl sites for hydroxylation is 1. The summed E-state index contributed by atoms with van der Waals surface area (Å²) in [6, 6.07) is 17.5. The number of amides is 1. The fourth-order valence-electron chi connectivity index (χ4n) is 4.18. The van der Waals surface area contributed by atoms with Gasteiger partial charge in [-0.15, -0.1) is 0 Å². The van der Waals surface area contributed by atoms with Gasteiger partial charge in [0, 0.05) is 41.0 Å². The van der Waals surface area contributed by atoms with Crippen molar-refractivity contribution < 1.29 is 14.5 Å². The number of hydrogen-bond acceptors (Lipinski definition) is 2. The molecule has 28 heavy (non-hydrogen) atoms. The lowest BCUT2D eigenvalue weighted by Gasteiger charge is -2.28. The molecule has 4 rings (SSSR count). The second-order valence-electron chi connectivity index (χ2n) is 7.65.